The third-order valence-corrected chi connectivity index (χ3v) is 1.78. The van der Waals surface area contributed by atoms with Crippen LogP contribution < -0.4 is 4.90 Å². The van der Waals surface area contributed by atoms with E-state index in [-0.39, 0.29) is 0 Å². The SMILES string of the molecule is CN(C)c1ncccc1Br. The molecule has 0 unspecified atom stereocenters. The highest BCUT2D eigenvalue weighted by atomic mass is 79.9. The lowest BCUT2D eigenvalue weighted by molar-refractivity contribution is 1.06. The molecule has 0 fully saturated rings. The molecule has 0 aromatic carbocycles. The van der Waals surface area contributed by atoms with E-state index in [1.807, 2.05) is 31.1 Å². The average molecular weight is 201 g/mol. The second-order valence-electron chi connectivity index (χ2n) is 2.20. The summed E-state index contributed by atoms with van der Waals surface area (Å²) in [4.78, 5) is 6.12. The molecule has 0 bridgehead atoms. The van der Waals surface area contributed by atoms with E-state index >= 15 is 0 Å². The van der Waals surface area contributed by atoms with Crippen LogP contribution in [-0.2, 0) is 0 Å². The van der Waals surface area contributed by atoms with Gasteiger partial charge in [-0.3, -0.25) is 0 Å². The number of hydrogen-bond acceptors (Lipinski definition) is 2. The third kappa shape index (κ3) is 1.48. The molecular weight excluding hydrogens is 192 g/mol. The predicted octanol–water partition coefficient (Wildman–Crippen LogP) is 1.91. The molecule has 0 saturated carbocycles. The molecule has 1 heterocycles. The van der Waals surface area contributed by atoms with Gasteiger partial charge in [0.05, 0.1) is 4.47 Å². The van der Waals surface area contributed by atoms with E-state index in [1.165, 1.54) is 0 Å². The molecule has 1 rings (SSSR count). The highest BCUT2D eigenvalue weighted by Gasteiger charge is 1.99. The van der Waals surface area contributed by atoms with E-state index in [0.29, 0.717) is 0 Å². The van der Waals surface area contributed by atoms with Gasteiger partial charge in [0.1, 0.15) is 5.82 Å². The molecule has 0 aliphatic carbocycles. The Kier molecular flexibility index (Phi) is 2.27. The van der Waals surface area contributed by atoms with Crippen molar-refractivity contribution in [1.82, 2.24) is 4.98 Å². The molecule has 10 heavy (non-hydrogen) atoms. The number of aromatic nitrogens is 1. The molecule has 0 saturated heterocycles. The fourth-order valence-corrected chi connectivity index (χ4v) is 1.32. The summed E-state index contributed by atoms with van der Waals surface area (Å²) >= 11 is 3.39. The Morgan fingerprint density at radius 1 is 1.50 bits per heavy atom. The number of nitrogens with zero attached hydrogens (tertiary/aromatic N) is 2. The molecule has 0 spiro atoms. The topological polar surface area (TPSA) is 16.1 Å². The lowest BCUT2D eigenvalue weighted by atomic mass is 10.4. The summed E-state index contributed by atoms with van der Waals surface area (Å²) in [6, 6.07) is 3.87. The van der Waals surface area contributed by atoms with Crippen LogP contribution in [0.2, 0.25) is 0 Å². The standard InChI is InChI=1S/C7H9BrN2/c1-10(2)7-6(8)4-3-5-9-7/h3-5H,1-2H3. The number of rotatable bonds is 1. The van der Waals surface area contributed by atoms with Gasteiger partial charge in [-0.15, -0.1) is 0 Å². The second kappa shape index (κ2) is 3.01. The summed E-state index contributed by atoms with van der Waals surface area (Å²) in [7, 11) is 3.93. The van der Waals surface area contributed by atoms with Crippen molar-refractivity contribution in [1.29, 1.82) is 0 Å². The summed E-state index contributed by atoms with van der Waals surface area (Å²) in [6.07, 6.45) is 1.78. The maximum absolute atomic E-state index is 4.16. The van der Waals surface area contributed by atoms with Crippen LogP contribution in [0.25, 0.3) is 0 Å². The molecule has 3 heteroatoms. The van der Waals surface area contributed by atoms with E-state index in [9.17, 15) is 0 Å². The number of hydrogen-bond donors (Lipinski definition) is 0. The first-order valence-corrected chi connectivity index (χ1v) is 3.79. The highest BCUT2D eigenvalue weighted by molar-refractivity contribution is 9.10. The molecule has 1 aromatic rings. The first-order valence-electron chi connectivity index (χ1n) is 2.99. The van der Waals surface area contributed by atoms with Crippen LogP contribution in [0.1, 0.15) is 0 Å². The lowest BCUT2D eigenvalue weighted by Crippen LogP contribution is -2.10. The molecular formula is C7H9BrN2. The van der Waals surface area contributed by atoms with E-state index in [2.05, 4.69) is 20.9 Å². The van der Waals surface area contributed by atoms with Gasteiger partial charge in [0.25, 0.3) is 0 Å². The molecule has 1 aromatic heterocycles. The highest BCUT2D eigenvalue weighted by Crippen LogP contribution is 2.19. The smallest absolute Gasteiger partial charge is 0.142 e. The molecule has 0 aliphatic rings. The summed E-state index contributed by atoms with van der Waals surface area (Å²) in [5.74, 6) is 0.961. The first-order chi connectivity index (χ1) is 4.72. The Morgan fingerprint density at radius 3 is 2.60 bits per heavy atom. The van der Waals surface area contributed by atoms with Crippen molar-refractivity contribution < 1.29 is 0 Å². The summed E-state index contributed by atoms with van der Waals surface area (Å²) in [6.45, 7) is 0. The summed E-state index contributed by atoms with van der Waals surface area (Å²) in [5.41, 5.74) is 0. The monoisotopic (exact) mass is 200 g/mol. The fraction of sp³-hybridized carbons (Fsp3) is 0.286. The van der Waals surface area contributed by atoms with Crippen molar-refractivity contribution in [3.63, 3.8) is 0 Å². The van der Waals surface area contributed by atoms with E-state index in [0.717, 1.165) is 10.3 Å². The van der Waals surface area contributed by atoms with Gasteiger partial charge in [-0.1, -0.05) is 0 Å². The maximum Gasteiger partial charge on any atom is 0.142 e. The van der Waals surface area contributed by atoms with Gasteiger partial charge in [0.2, 0.25) is 0 Å². The quantitative estimate of drug-likeness (QED) is 0.689. The van der Waals surface area contributed by atoms with Crippen LogP contribution in [0.5, 0.6) is 0 Å². The molecule has 2 nitrogen and oxygen atoms in total. The van der Waals surface area contributed by atoms with Gasteiger partial charge in [-0.25, -0.2) is 4.98 Å². The zero-order chi connectivity index (χ0) is 7.56. The summed E-state index contributed by atoms with van der Waals surface area (Å²) < 4.78 is 1.03. The van der Waals surface area contributed by atoms with Crippen molar-refractivity contribution in [2.45, 2.75) is 0 Å². The molecule has 0 amide bonds. The zero-order valence-corrected chi connectivity index (χ0v) is 7.59. The van der Waals surface area contributed by atoms with Gasteiger partial charge < -0.3 is 4.90 Å². The molecule has 0 atom stereocenters. The van der Waals surface area contributed by atoms with E-state index in [4.69, 9.17) is 0 Å². The number of pyridine rings is 1. The van der Waals surface area contributed by atoms with Gasteiger partial charge in [0.15, 0.2) is 0 Å². The Balaban J connectivity index is 3.03. The molecule has 0 radical (unpaired) electrons. The Bertz CT molecular complexity index is 223. The van der Waals surface area contributed by atoms with Crippen molar-refractivity contribution in [2.75, 3.05) is 19.0 Å². The van der Waals surface area contributed by atoms with Crippen LogP contribution in [-0.4, -0.2) is 19.1 Å². The van der Waals surface area contributed by atoms with Crippen LogP contribution in [0.4, 0.5) is 5.82 Å². The Hall–Kier alpha value is -0.570. The summed E-state index contributed by atoms with van der Waals surface area (Å²) in [5, 5.41) is 0. The third-order valence-electron chi connectivity index (χ3n) is 1.16. The fourth-order valence-electron chi connectivity index (χ4n) is 0.706. The minimum atomic E-state index is 0.961. The molecule has 54 valence electrons. The minimum absolute atomic E-state index is 0.961. The van der Waals surface area contributed by atoms with Gasteiger partial charge >= 0.3 is 0 Å². The number of anilines is 1. The first kappa shape index (κ1) is 7.54. The zero-order valence-electron chi connectivity index (χ0n) is 6.00. The minimum Gasteiger partial charge on any atom is -0.362 e. The Morgan fingerprint density at radius 2 is 2.20 bits per heavy atom. The lowest BCUT2D eigenvalue weighted by Gasteiger charge is -2.11. The van der Waals surface area contributed by atoms with Crippen molar-refractivity contribution in [3.05, 3.63) is 22.8 Å². The molecule has 0 N–H and O–H groups in total. The van der Waals surface area contributed by atoms with Gasteiger partial charge in [-0.2, -0.15) is 0 Å². The van der Waals surface area contributed by atoms with E-state index in [1.54, 1.807) is 6.20 Å². The van der Waals surface area contributed by atoms with Gasteiger partial charge in [0, 0.05) is 20.3 Å². The van der Waals surface area contributed by atoms with Crippen LogP contribution in [0.3, 0.4) is 0 Å². The second-order valence-corrected chi connectivity index (χ2v) is 3.06. The van der Waals surface area contributed by atoms with Crippen molar-refractivity contribution in [2.24, 2.45) is 0 Å². The predicted molar refractivity (Wildman–Crippen MR) is 46.3 cm³/mol. The maximum atomic E-state index is 4.16. The van der Waals surface area contributed by atoms with Gasteiger partial charge in [-0.05, 0) is 28.1 Å². The van der Waals surface area contributed by atoms with Crippen LogP contribution in [0.15, 0.2) is 22.8 Å². The normalized spacial score (nSPS) is 9.50. The largest absolute Gasteiger partial charge is 0.362 e. The average Bonchev–Trinajstić information content (AvgIpc) is 1.88. The van der Waals surface area contributed by atoms with Crippen LogP contribution >= 0.6 is 15.9 Å². The molecule has 0 aliphatic heterocycles. The number of halogens is 1. The Labute approximate surface area is 69.0 Å². The van der Waals surface area contributed by atoms with Crippen LogP contribution in [0, 0.1) is 0 Å². The van der Waals surface area contributed by atoms with Crippen molar-refractivity contribution >= 4 is 21.7 Å². The van der Waals surface area contributed by atoms with E-state index < -0.39 is 0 Å². The van der Waals surface area contributed by atoms with Crippen molar-refractivity contribution in [3.8, 4) is 0 Å².